The van der Waals surface area contributed by atoms with Crippen molar-refractivity contribution in [1.29, 1.82) is 0 Å². The smallest absolute Gasteiger partial charge is 0.165 e. The molecule has 19 heavy (non-hydrogen) atoms. The van der Waals surface area contributed by atoms with Gasteiger partial charge in [-0.1, -0.05) is 26.7 Å². The van der Waals surface area contributed by atoms with Crippen molar-refractivity contribution < 1.29 is 4.79 Å². The van der Waals surface area contributed by atoms with E-state index in [0.717, 1.165) is 24.4 Å². The predicted octanol–water partition coefficient (Wildman–Crippen LogP) is 4.14. The quantitative estimate of drug-likeness (QED) is 0.796. The third-order valence-electron chi connectivity index (χ3n) is 4.69. The second-order valence-electron chi connectivity index (χ2n) is 7.32. The number of ketones is 1. The highest BCUT2D eigenvalue weighted by atomic mass is 16.1. The van der Waals surface area contributed by atoms with E-state index in [4.69, 9.17) is 0 Å². The number of Topliss-reactive ketones (excluding diaryl/α,β-unsaturated/α-hetero) is 1. The third-order valence-corrected chi connectivity index (χ3v) is 4.69. The third kappa shape index (κ3) is 2.63. The van der Waals surface area contributed by atoms with Crippen LogP contribution in [0.4, 0.5) is 0 Å². The van der Waals surface area contributed by atoms with Crippen LogP contribution in [0.3, 0.4) is 0 Å². The Morgan fingerprint density at radius 1 is 1.32 bits per heavy atom. The fourth-order valence-corrected chi connectivity index (χ4v) is 3.46. The van der Waals surface area contributed by atoms with Crippen LogP contribution in [-0.4, -0.2) is 10.4 Å². The zero-order valence-electron chi connectivity index (χ0n) is 12.5. The van der Waals surface area contributed by atoms with Crippen molar-refractivity contribution >= 4 is 5.78 Å². The predicted molar refractivity (Wildman–Crippen MR) is 77.6 cm³/mol. The summed E-state index contributed by atoms with van der Waals surface area (Å²) in [6.07, 6.45) is 7.25. The number of aryl methyl sites for hydroxylation is 1. The molecule has 2 aliphatic rings. The lowest BCUT2D eigenvalue weighted by Gasteiger charge is -2.30. The Morgan fingerprint density at radius 2 is 2.05 bits per heavy atom. The Labute approximate surface area is 116 Å². The average Bonchev–Trinajstić information content (AvgIpc) is 3.06. The summed E-state index contributed by atoms with van der Waals surface area (Å²) in [6.45, 7) is 7.67. The minimum atomic E-state index is 0.128. The topological polar surface area (TPSA) is 22.0 Å². The van der Waals surface area contributed by atoms with Crippen molar-refractivity contribution in [3.8, 4) is 0 Å². The van der Waals surface area contributed by atoms with E-state index in [1.807, 2.05) is 0 Å². The van der Waals surface area contributed by atoms with Gasteiger partial charge < -0.3 is 4.57 Å². The average molecular weight is 259 g/mol. The van der Waals surface area contributed by atoms with Crippen LogP contribution in [0.2, 0.25) is 0 Å². The molecule has 1 aromatic heterocycles. The van der Waals surface area contributed by atoms with Gasteiger partial charge in [0.05, 0.1) is 0 Å². The molecule has 0 bridgehead atoms. The lowest BCUT2D eigenvalue weighted by atomic mass is 9.76. The lowest BCUT2D eigenvalue weighted by Crippen LogP contribution is -2.28. The van der Waals surface area contributed by atoms with Gasteiger partial charge in [0.1, 0.15) is 0 Å². The second-order valence-corrected chi connectivity index (χ2v) is 7.32. The molecule has 0 amide bonds. The molecule has 0 N–H and O–H groups in total. The van der Waals surface area contributed by atoms with Gasteiger partial charge >= 0.3 is 0 Å². The summed E-state index contributed by atoms with van der Waals surface area (Å²) >= 11 is 0. The van der Waals surface area contributed by atoms with Crippen molar-refractivity contribution in [3.63, 3.8) is 0 Å². The van der Waals surface area contributed by atoms with Crippen molar-refractivity contribution in [1.82, 2.24) is 4.57 Å². The van der Waals surface area contributed by atoms with Gasteiger partial charge in [0.2, 0.25) is 0 Å². The van der Waals surface area contributed by atoms with Crippen molar-refractivity contribution in [2.45, 2.75) is 65.8 Å². The first-order valence-electron chi connectivity index (χ1n) is 7.68. The van der Waals surface area contributed by atoms with Crippen LogP contribution in [0.1, 0.15) is 67.7 Å². The zero-order chi connectivity index (χ0) is 13.6. The molecule has 3 rings (SSSR count). The SMILES string of the molecule is Cc1cc2c(n1CCCC1CC1)CC(C)(C)CC2=O. The molecule has 0 atom stereocenters. The van der Waals surface area contributed by atoms with Gasteiger partial charge in [-0.3, -0.25) is 4.79 Å². The molecule has 1 fully saturated rings. The van der Waals surface area contributed by atoms with E-state index in [2.05, 4.69) is 31.4 Å². The first-order valence-corrected chi connectivity index (χ1v) is 7.68. The number of carbonyl (C=O) groups is 1. The largest absolute Gasteiger partial charge is 0.348 e. The highest BCUT2D eigenvalue weighted by molar-refractivity contribution is 5.99. The van der Waals surface area contributed by atoms with E-state index >= 15 is 0 Å². The summed E-state index contributed by atoms with van der Waals surface area (Å²) in [7, 11) is 0. The standard InChI is InChI=1S/C17H25NO/c1-12-9-14-15(10-17(2,3)11-16(14)19)18(12)8-4-5-13-6-7-13/h9,13H,4-8,10-11H2,1-3H3. The van der Waals surface area contributed by atoms with E-state index in [1.165, 1.54) is 37.1 Å². The molecule has 2 nitrogen and oxygen atoms in total. The van der Waals surface area contributed by atoms with Gasteiger partial charge in [-0.25, -0.2) is 0 Å². The number of rotatable bonds is 4. The number of hydrogen-bond acceptors (Lipinski definition) is 1. The number of carbonyl (C=O) groups excluding carboxylic acids is 1. The van der Waals surface area contributed by atoms with Crippen LogP contribution >= 0.6 is 0 Å². The minimum Gasteiger partial charge on any atom is -0.348 e. The number of hydrogen-bond donors (Lipinski definition) is 0. The monoisotopic (exact) mass is 259 g/mol. The molecule has 0 aliphatic heterocycles. The van der Waals surface area contributed by atoms with Crippen LogP contribution in [0.15, 0.2) is 6.07 Å². The van der Waals surface area contributed by atoms with Crippen LogP contribution < -0.4 is 0 Å². The van der Waals surface area contributed by atoms with Gasteiger partial charge in [0.25, 0.3) is 0 Å². The molecular weight excluding hydrogens is 234 g/mol. The maximum atomic E-state index is 12.2. The van der Waals surface area contributed by atoms with Crippen molar-refractivity contribution in [2.75, 3.05) is 0 Å². The first kappa shape index (κ1) is 13.0. The summed E-state index contributed by atoms with van der Waals surface area (Å²) in [5.41, 5.74) is 3.70. The van der Waals surface area contributed by atoms with E-state index in [1.54, 1.807) is 0 Å². The fraction of sp³-hybridized carbons (Fsp3) is 0.706. The van der Waals surface area contributed by atoms with Crippen LogP contribution in [0, 0.1) is 18.3 Å². The van der Waals surface area contributed by atoms with E-state index in [0.29, 0.717) is 12.2 Å². The van der Waals surface area contributed by atoms with Gasteiger partial charge in [-0.15, -0.1) is 0 Å². The maximum Gasteiger partial charge on any atom is 0.165 e. The number of nitrogens with zero attached hydrogens (tertiary/aromatic N) is 1. The van der Waals surface area contributed by atoms with Crippen LogP contribution in [0.5, 0.6) is 0 Å². The molecule has 0 unspecified atom stereocenters. The Bertz CT molecular complexity index is 506. The summed E-state index contributed by atoms with van der Waals surface area (Å²) in [4.78, 5) is 12.2. The first-order chi connectivity index (χ1) is 8.96. The molecule has 1 saturated carbocycles. The summed E-state index contributed by atoms with van der Waals surface area (Å²) in [5, 5.41) is 0. The molecule has 1 aromatic rings. The van der Waals surface area contributed by atoms with E-state index in [9.17, 15) is 4.79 Å². The molecule has 2 aliphatic carbocycles. The van der Waals surface area contributed by atoms with Gasteiger partial charge in [-0.2, -0.15) is 0 Å². The molecule has 0 saturated heterocycles. The summed E-state index contributed by atoms with van der Waals surface area (Å²) in [5.74, 6) is 1.35. The van der Waals surface area contributed by atoms with Crippen LogP contribution in [-0.2, 0) is 13.0 Å². The number of aromatic nitrogens is 1. The van der Waals surface area contributed by atoms with Gasteiger partial charge in [0, 0.05) is 29.9 Å². The maximum absolute atomic E-state index is 12.2. The molecule has 0 aromatic carbocycles. The highest BCUT2D eigenvalue weighted by Gasteiger charge is 2.33. The molecule has 2 heteroatoms. The normalized spacial score (nSPS) is 21.5. The second kappa shape index (κ2) is 4.50. The van der Waals surface area contributed by atoms with Crippen LogP contribution in [0.25, 0.3) is 0 Å². The molecule has 104 valence electrons. The molecule has 1 heterocycles. The molecule has 0 radical (unpaired) electrons. The summed E-state index contributed by atoms with van der Waals surface area (Å²) in [6, 6.07) is 2.12. The van der Waals surface area contributed by atoms with Gasteiger partial charge in [-0.05, 0) is 43.6 Å². The molecule has 0 spiro atoms. The molecular formula is C17H25NO. The van der Waals surface area contributed by atoms with E-state index < -0.39 is 0 Å². The zero-order valence-corrected chi connectivity index (χ0v) is 12.5. The fourth-order valence-electron chi connectivity index (χ4n) is 3.46. The number of fused-ring (bicyclic) bond motifs is 1. The van der Waals surface area contributed by atoms with Gasteiger partial charge in [0.15, 0.2) is 5.78 Å². The highest BCUT2D eigenvalue weighted by Crippen LogP contribution is 2.37. The van der Waals surface area contributed by atoms with Crippen molar-refractivity contribution in [3.05, 3.63) is 23.0 Å². The Morgan fingerprint density at radius 3 is 2.74 bits per heavy atom. The minimum absolute atomic E-state index is 0.128. The van der Waals surface area contributed by atoms with E-state index in [-0.39, 0.29) is 5.41 Å². The lowest BCUT2D eigenvalue weighted by molar-refractivity contribution is 0.0910. The van der Waals surface area contributed by atoms with Crippen molar-refractivity contribution in [2.24, 2.45) is 11.3 Å². The Balaban J connectivity index is 1.81. The summed E-state index contributed by atoms with van der Waals surface area (Å²) < 4.78 is 2.41. The Hall–Kier alpha value is -1.05. The Kier molecular flexibility index (Phi) is 3.07.